The molecule has 120 valence electrons. The number of rotatable bonds is 3. The lowest BCUT2D eigenvalue weighted by molar-refractivity contribution is -0.133. The molecule has 0 aliphatic carbocycles. The van der Waals surface area contributed by atoms with E-state index in [1.165, 1.54) is 0 Å². The van der Waals surface area contributed by atoms with Gasteiger partial charge in [-0.1, -0.05) is 11.6 Å². The number of anilines is 1. The van der Waals surface area contributed by atoms with E-state index in [1.54, 1.807) is 12.4 Å². The van der Waals surface area contributed by atoms with E-state index in [1.807, 2.05) is 11.0 Å². The molecule has 2 fully saturated rings. The number of aromatic nitrogens is 1. The monoisotopic (exact) mass is 324 g/mol. The van der Waals surface area contributed by atoms with Crippen LogP contribution in [0.5, 0.6) is 0 Å². The van der Waals surface area contributed by atoms with Gasteiger partial charge in [0.15, 0.2) is 0 Å². The first kappa shape index (κ1) is 15.5. The second-order valence-corrected chi connectivity index (χ2v) is 5.99. The molecule has 2 aliphatic heterocycles. The lowest BCUT2D eigenvalue weighted by Crippen LogP contribution is -2.52. The highest BCUT2D eigenvalue weighted by Gasteiger charge is 2.24. The number of amides is 1. The molecule has 0 aromatic carbocycles. The Balaban J connectivity index is 1.51. The normalized spacial score (nSPS) is 20.2. The van der Waals surface area contributed by atoms with Gasteiger partial charge in [-0.25, -0.2) is 0 Å². The molecule has 0 unspecified atom stereocenters. The van der Waals surface area contributed by atoms with E-state index in [0.717, 1.165) is 58.2 Å². The molecule has 3 heterocycles. The van der Waals surface area contributed by atoms with Crippen LogP contribution in [-0.4, -0.2) is 79.7 Å². The minimum atomic E-state index is 0.211. The zero-order chi connectivity index (χ0) is 15.4. The van der Waals surface area contributed by atoms with E-state index >= 15 is 0 Å². The van der Waals surface area contributed by atoms with Crippen LogP contribution in [0.4, 0.5) is 5.69 Å². The van der Waals surface area contributed by atoms with Crippen molar-refractivity contribution in [2.24, 2.45) is 0 Å². The van der Waals surface area contributed by atoms with Gasteiger partial charge in [-0.05, 0) is 6.07 Å². The highest BCUT2D eigenvalue weighted by molar-refractivity contribution is 6.33. The minimum Gasteiger partial charge on any atom is -0.379 e. The third-order valence-electron chi connectivity index (χ3n) is 4.19. The van der Waals surface area contributed by atoms with Crippen LogP contribution in [0, 0.1) is 0 Å². The molecule has 6 nitrogen and oxygen atoms in total. The molecule has 0 spiro atoms. The zero-order valence-electron chi connectivity index (χ0n) is 12.6. The molecule has 0 saturated carbocycles. The van der Waals surface area contributed by atoms with E-state index in [9.17, 15) is 4.79 Å². The molecule has 0 atom stereocenters. The molecular formula is C15H21ClN4O2. The molecule has 0 N–H and O–H groups in total. The topological polar surface area (TPSA) is 48.9 Å². The summed E-state index contributed by atoms with van der Waals surface area (Å²) in [5, 5.41) is 0.663. The SMILES string of the molecule is O=C(CN1CCOCC1)N1CCN(c2ccncc2Cl)CC1. The van der Waals surface area contributed by atoms with Crippen molar-refractivity contribution >= 4 is 23.2 Å². The van der Waals surface area contributed by atoms with Crippen LogP contribution in [0.25, 0.3) is 0 Å². The summed E-state index contributed by atoms with van der Waals surface area (Å²) in [5.41, 5.74) is 0.997. The molecule has 0 radical (unpaired) electrons. The predicted molar refractivity (Wildman–Crippen MR) is 85.3 cm³/mol. The molecule has 22 heavy (non-hydrogen) atoms. The van der Waals surface area contributed by atoms with Gasteiger partial charge in [0.2, 0.25) is 5.91 Å². The maximum absolute atomic E-state index is 12.4. The highest BCUT2D eigenvalue weighted by Crippen LogP contribution is 2.25. The van der Waals surface area contributed by atoms with Crippen molar-refractivity contribution in [2.45, 2.75) is 0 Å². The summed E-state index contributed by atoms with van der Waals surface area (Å²) in [7, 11) is 0. The van der Waals surface area contributed by atoms with Crippen LogP contribution in [0.3, 0.4) is 0 Å². The van der Waals surface area contributed by atoms with Crippen molar-refractivity contribution in [2.75, 3.05) is 63.9 Å². The average Bonchev–Trinajstić information content (AvgIpc) is 2.56. The smallest absolute Gasteiger partial charge is 0.236 e. The molecular weight excluding hydrogens is 304 g/mol. The molecule has 2 aliphatic rings. The third kappa shape index (κ3) is 3.69. The van der Waals surface area contributed by atoms with Crippen molar-refractivity contribution < 1.29 is 9.53 Å². The third-order valence-corrected chi connectivity index (χ3v) is 4.48. The van der Waals surface area contributed by atoms with Crippen molar-refractivity contribution in [3.05, 3.63) is 23.5 Å². The Bertz CT molecular complexity index is 514. The summed E-state index contributed by atoms with van der Waals surface area (Å²) in [4.78, 5) is 22.7. The maximum atomic E-state index is 12.4. The van der Waals surface area contributed by atoms with Gasteiger partial charge in [-0.15, -0.1) is 0 Å². The number of hydrogen-bond acceptors (Lipinski definition) is 5. The number of piperazine rings is 1. The highest BCUT2D eigenvalue weighted by atomic mass is 35.5. The second-order valence-electron chi connectivity index (χ2n) is 5.58. The fourth-order valence-corrected chi connectivity index (χ4v) is 3.11. The van der Waals surface area contributed by atoms with Gasteiger partial charge in [0.1, 0.15) is 0 Å². The standard InChI is InChI=1S/C15H21ClN4O2/c16-13-11-17-2-1-14(13)19-3-5-20(6-4-19)15(21)12-18-7-9-22-10-8-18/h1-2,11H,3-10,12H2. The Morgan fingerprint density at radius 1 is 1.18 bits per heavy atom. The number of nitrogens with zero attached hydrogens (tertiary/aromatic N) is 4. The number of halogens is 1. The van der Waals surface area contributed by atoms with Crippen molar-refractivity contribution in [1.29, 1.82) is 0 Å². The lowest BCUT2D eigenvalue weighted by Gasteiger charge is -2.37. The number of carbonyl (C=O) groups excluding carboxylic acids is 1. The first-order valence-electron chi connectivity index (χ1n) is 7.66. The molecule has 1 amide bonds. The van der Waals surface area contributed by atoms with E-state index in [0.29, 0.717) is 11.6 Å². The van der Waals surface area contributed by atoms with Gasteiger partial charge < -0.3 is 14.5 Å². The summed E-state index contributed by atoms with van der Waals surface area (Å²) in [6.07, 6.45) is 3.41. The number of morpholine rings is 1. The van der Waals surface area contributed by atoms with Crippen LogP contribution in [-0.2, 0) is 9.53 Å². The Kier molecular flexibility index (Phi) is 5.12. The van der Waals surface area contributed by atoms with Crippen LogP contribution in [0.2, 0.25) is 5.02 Å². The maximum Gasteiger partial charge on any atom is 0.236 e. The molecule has 7 heteroatoms. The summed E-state index contributed by atoms with van der Waals surface area (Å²) in [5.74, 6) is 0.211. The largest absolute Gasteiger partial charge is 0.379 e. The van der Waals surface area contributed by atoms with Crippen molar-refractivity contribution in [3.8, 4) is 0 Å². The number of carbonyl (C=O) groups is 1. The number of hydrogen-bond donors (Lipinski definition) is 0. The van der Waals surface area contributed by atoms with Gasteiger partial charge in [0.25, 0.3) is 0 Å². The van der Waals surface area contributed by atoms with Gasteiger partial charge in [0, 0.05) is 51.7 Å². The van der Waals surface area contributed by atoms with Gasteiger partial charge in [0.05, 0.1) is 30.5 Å². The first-order chi connectivity index (χ1) is 10.7. The van der Waals surface area contributed by atoms with Crippen LogP contribution in [0.15, 0.2) is 18.5 Å². The Labute approximate surface area is 135 Å². The fraction of sp³-hybridized carbons (Fsp3) is 0.600. The van der Waals surface area contributed by atoms with E-state index in [-0.39, 0.29) is 5.91 Å². The Morgan fingerprint density at radius 2 is 1.91 bits per heavy atom. The molecule has 3 rings (SSSR count). The summed E-state index contributed by atoms with van der Waals surface area (Å²) in [6.45, 7) is 6.72. The summed E-state index contributed by atoms with van der Waals surface area (Å²) >= 11 is 6.18. The van der Waals surface area contributed by atoms with E-state index in [4.69, 9.17) is 16.3 Å². The molecule has 2 saturated heterocycles. The summed E-state index contributed by atoms with van der Waals surface area (Å²) < 4.78 is 5.31. The van der Waals surface area contributed by atoms with Crippen LogP contribution < -0.4 is 4.90 Å². The van der Waals surface area contributed by atoms with Gasteiger partial charge in [-0.3, -0.25) is 14.7 Å². The molecule has 1 aromatic rings. The summed E-state index contributed by atoms with van der Waals surface area (Å²) in [6, 6.07) is 1.92. The van der Waals surface area contributed by atoms with Crippen LogP contribution >= 0.6 is 11.6 Å². The zero-order valence-corrected chi connectivity index (χ0v) is 13.3. The quantitative estimate of drug-likeness (QED) is 0.820. The van der Waals surface area contributed by atoms with E-state index in [2.05, 4.69) is 14.8 Å². The fourth-order valence-electron chi connectivity index (χ4n) is 2.87. The van der Waals surface area contributed by atoms with Gasteiger partial charge >= 0.3 is 0 Å². The second kappa shape index (κ2) is 7.26. The van der Waals surface area contributed by atoms with Crippen molar-refractivity contribution in [3.63, 3.8) is 0 Å². The first-order valence-corrected chi connectivity index (χ1v) is 8.04. The van der Waals surface area contributed by atoms with Crippen molar-refractivity contribution in [1.82, 2.24) is 14.8 Å². The molecule has 1 aromatic heterocycles. The molecule has 0 bridgehead atoms. The predicted octanol–water partition coefficient (Wildman–Crippen LogP) is 0.716. The van der Waals surface area contributed by atoms with Gasteiger partial charge in [-0.2, -0.15) is 0 Å². The Hall–Kier alpha value is -1.37. The van der Waals surface area contributed by atoms with Crippen LogP contribution in [0.1, 0.15) is 0 Å². The minimum absolute atomic E-state index is 0.211. The number of pyridine rings is 1. The lowest BCUT2D eigenvalue weighted by atomic mass is 10.2. The van der Waals surface area contributed by atoms with E-state index < -0.39 is 0 Å². The Morgan fingerprint density at radius 3 is 2.59 bits per heavy atom. The number of ether oxygens (including phenoxy) is 1. The average molecular weight is 325 g/mol.